The summed E-state index contributed by atoms with van der Waals surface area (Å²) in [7, 11) is 0. The minimum Gasteiger partial charge on any atom is -0.350 e. The molecule has 2 rings (SSSR count). The SMILES string of the molecule is Cl.Cl.NCCC[C@H](N)CNC(=O)c1ccccc1-c1ccccc1. The van der Waals surface area contributed by atoms with Crippen LogP contribution in [0, 0.1) is 0 Å². The van der Waals surface area contributed by atoms with E-state index in [2.05, 4.69) is 5.32 Å². The molecule has 0 heterocycles. The highest BCUT2D eigenvalue weighted by Gasteiger charge is 2.13. The van der Waals surface area contributed by atoms with Crippen LogP contribution in [-0.4, -0.2) is 25.0 Å². The van der Waals surface area contributed by atoms with Crippen molar-refractivity contribution in [1.29, 1.82) is 0 Å². The fraction of sp³-hybridized carbons (Fsp3) is 0.278. The molecule has 2 aromatic rings. The molecule has 5 N–H and O–H groups in total. The van der Waals surface area contributed by atoms with Crippen LogP contribution >= 0.6 is 24.8 Å². The van der Waals surface area contributed by atoms with Gasteiger partial charge in [-0.3, -0.25) is 4.79 Å². The van der Waals surface area contributed by atoms with Gasteiger partial charge in [0, 0.05) is 18.2 Å². The van der Waals surface area contributed by atoms with Crippen LogP contribution < -0.4 is 16.8 Å². The number of carbonyl (C=O) groups excluding carboxylic acids is 1. The van der Waals surface area contributed by atoms with Gasteiger partial charge in [-0.2, -0.15) is 0 Å². The molecule has 0 aromatic heterocycles. The number of nitrogens with one attached hydrogen (secondary N) is 1. The van der Waals surface area contributed by atoms with E-state index in [1.165, 1.54) is 0 Å². The number of hydrogen-bond acceptors (Lipinski definition) is 3. The Morgan fingerprint density at radius 3 is 2.29 bits per heavy atom. The predicted molar refractivity (Wildman–Crippen MR) is 105 cm³/mol. The molecule has 4 nitrogen and oxygen atoms in total. The van der Waals surface area contributed by atoms with Gasteiger partial charge in [0.05, 0.1) is 0 Å². The fourth-order valence-corrected chi connectivity index (χ4v) is 2.35. The van der Waals surface area contributed by atoms with Crippen molar-refractivity contribution in [3.8, 4) is 11.1 Å². The molecule has 0 aliphatic rings. The van der Waals surface area contributed by atoms with Crippen LogP contribution in [0.3, 0.4) is 0 Å². The predicted octanol–water partition coefficient (Wildman–Crippen LogP) is 2.99. The summed E-state index contributed by atoms with van der Waals surface area (Å²) in [6, 6.07) is 17.4. The summed E-state index contributed by atoms with van der Waals surface area (Å²) >= 11 is 0. The summed E-state index contributed by atoms with van der Waals surface area (Å²) in [5, 5.41) is 2.91. The van der Waals surface area contributed by atoms with Crippen molar-refractivity contribution in [2.75, 3.05) is 13.1 Å². The Labute approximate surface area is 155 Å². The quantitative estimate of drug-likeness (QED) is 0.701. The summed E-state index contributed by atoms with van der Waals surface area (Å²) in [6.07, 6.45) is 1.69. The van der Waals surface area contributed by atoms with Crippen molar-refractivity contribution in [3.63, 3.8) is 0 Å². The summed E-state index contributed by atoms with van der Waals surface area (Å²) < 4.78 is 0. The topological polar surface area (TPSA) is 81.1 Å². The maximum atomic E-state index is 12.4. The first-order valence-electron chi connectivity index (χ1n) is 7.60. The third-order valence-corrected chi connectivity index (χ3v) is 3.56. The van der Waals surface area contributed by atoms with Crippen LogP contribution in [0.25, 0.3) is 11.1 Å². The number of carbonyl (C=O) groups is 1. The van der Waals surface area contributed by atoms with Crippen molar-refractivity contribution >= 4 is 30.7 Å². The van der Waals surface area contributed by atoms with Crippen molar-refractivity contribution < 1.29 is 4.79 Å². The van der Waals surface area contributed by atoms with Crippen LogP contribution in [0.2, 0.25) is 0 Å². The van der Waals surface area contributed by atoms with Crippen molar-refractivity contribution in [1.82, 2.24) is 5.32 Å². The van der Waals surface area contributed by atoms with Gasteiger partial charge in [-0.1, -0.05) is 48.5 Å². The first-order chi connectivity index (χ1) is 10.7. The lowest BCUT2D eigenvalue weighted by Crippen LogP contribution is -2.37. The van der Waals surface area contributed by atoms with Crippen molar-refractivity contribution in [3.05, 3.63) is 60.2 Å². The Bertz CT molecular complexity index is 608. The van der Waals surface area contributed by atoms with Gasteiger partial charge in [0.1, 0.15) is 0 Å². The molecule has 1 amide bonds. The highest BCUT2D eigenvalue weighted by molar-refractivity contribution is 6.00. The van der Waals surface area contributed by atoms with E-state index in [0.29, 0.717) is 18.7 Å². The second-order valence-corrected chi connectivity index (χ2v) is 5.31. The Balaban J connectivity index is 0.00000264. The number of nitrogens with two attached hydrogens (primary N) is 2. The third-order valence-electron chi connectivity index (χ3n) is 3.56. The van der Waals surface area contributed by atoms with E-state index in [1.54, 1.807) is 0 Å². The standard InChI is InChI=1S/C18H23N3O.2ClH/c19-12-6-9-15(20)13-21-18(22)17-11-5-4-10-16(17)14-7-2-1-3-8-14;;/h1-5,7-8,10-11,15H,6,9,12-13,19-20H2,(H,21,22);2*1H/t15-;;/m0../s1. The summed E-state index contributed by atoms with van der Waals surface area (Å²) in [6.45, 7) is 1.08. The van der Waals surface area contributed by atoms with Crippen LogP contribution in [0.1, 0.15) is 23.2 Å². The average molecular weight is 370 g/mol. The van der Waals surface area contributed by atoms with Crippen molar-refractivity contribution in [2.24, 2.45) is 11.5 Å². The molecule has 132 valence electrons. The Kier molecular flexibility index (Phi) is 11.1. The molecule has 0 aliphatic carbocycles. The molecule has 0 fully saturated rings. The molecule has 24 heavy (non-hydrogen) atoms. The number of rotatable bonds is 7. The first-order valence-corrected chi connectivity index (χ1v) is 7.60. The lowest BCUT2D eigenvalue weighted by atomic mass is 9.99. The summed E-state index contributed by atoms with van der Waals surface area (Å²) in [4.78, 5) is 12.4. The zero-order valence-corrected chi connectivity index (χ0v) is 15.1. The number of hydrogen-bond donors (Lipinski definition) is 3. The Morgan fingerprint density at radius 2 is 1.62 bits per heavy atom. The van der Waals surface area contributed by atoms with Crippen LogP contribution in [0.15, 0.2) is 54.6 Å². The van der Waals surface area contributed by atoms with Gasteiger partial charge < -0.3 is 16.8 Å². The summed E-state index contributed by atoms with van der Waals surface area (Å²) in [5.74, 6) is -0.0948. The van der Waals surface area contributed by atoms with Gasteiger partial charge in [-0.15, -0.1) is 24.8 Å². The Morgan fingerprint density at radius 1 is 1.00 bits per heavy atom. The highest BCUT2D eigenvalue weighted by atomic mass is 35.5. The molecule has 0 radical (unpaired) electrons. The second-order valence-electron chi connectivity index (χ2n) is 5.31. The molecule has 0 saturated carbocycles. The molecular weight excluding hydrogens is 345 g/mol. The van der Waals surface area contributed by atoms with Gasteiger partial charge >= 0.3 is 0 Å². The molecule has 6 heteroatoms. The Hall–Kier alpha value is -1.59. The van der Waals surface area contributed by atoms with Gasteiger partial charge in [0.15, 0.2) is 0 Å². The lowest BCUT2D eigenvalue weighted by Gasteiger charge is -2.14. The number of benzene rings is 2. The van der Waals surface area contributed by atoms with E-state index >= 15 is 0 Å². The van der Waals surface area contributed by atoms with Crippen LogP contribution in [0.5, 0.6) is 0 Å². The lowest BCUT2D eigenvalue weighted by molar-refractivity contribution is 0.0951. The van der Waals surface area contributed by atoms with Crippen LogP contribution in [0.4, 0.5) is 0 Å². The van der Waals surface area contributed by atoms with Gasteiger partial charge in [-0.25, -0.2) is 0 Å². The maximum Gasteiger partial charge on any atom is 0.251 e. The minimum atomic E-state index is -0.0948. The molecule has 0 unspecified atom stereocenters. The largest absolute Gasteiger partial charge is 0.350 e. The maximum absolute atomic E-state index is 12.4. The van der Waals surface area contributed by atoms with E-state index in [0.717, 1.165) is 24.0 Å². The molecule has 0 bridgehead atoms. The number of halogens is 2. The van der Waals surface area contributed by atoms with E-state index in [4.69, 9.17) is 11.5 Å². The second kappa shape index (κ2) is 11.9. The first kappa shape index (κ1) is 22.4. The van der Waals surface area contributed by atoms with Crippen LogP contribution in [-0.2, 0) is 0 Å². The molecule has 0 spiro atoms. The molecule has 0 aliphatic heterocycles. The van der Waals surface area contributed by atoms with E-state index in [1.807, 2.05) is 54.6 Å². The minimum absolute atomic E-state index is 0. The molecule has 0 saturated heterocycles. The van der Waals surface area contributed by atoms with Gasteiger partial charge in [0.2, 0.25) is 0 Å². The zero-order valence-electron chi connectivity index (χ0n) is 13.5. The smallest absolute Gasteiger partial charge is 0.251 e. The highest BCUT2D eigenvalue weighted by Crippen LogP contribution is 2.23. The van der Waals surface area contributed by atoms with E-state index in [9.17, 15) is 4.79 Å². The number of amides is 1. The van der Waals surface area contributed by atoms with E-state index < -0.39 is 0 Å². The van der Waals surface area contributed by atoms with E-state index in [-0.39, 0.29) is 36.8 Å². The molecule has 1 atom stereocenters. The molecule has 2 aromatic carbocycles. The fourth-order valence-electron chi connectivity index (χ4n) is 2.35. The average Bonchev–Trinajstić information content (AvgIpc) is 2.58. The van der Waals surface area contributed by atoms with Gasteiger partial charge in [-0.05, 0) is 36.6 Å². The van der Waals surface area contributed by atoms with Crippen molar-refractivity contribution in [2.45, 2.75) is 18.9 Å². The zero-order chi connectivity index (χ0) is 15.8. The normalized spacial score (nSPS) is 10.9. The monoisotopic (exact) mass is 369 g/mol. The summed E-state index contributed by atoms with van der Waals surface area (Å²) in [5.41, 5.74) is 14.1. The third kappa shape index (κ3) is 6.49. The molecular formula is C18H25Cl2N3O. The van der Waals surface area contributed by atoms with Gasteiger partial charge in [0.25, 0.3) is 5.91 Å².